The molecule has 0 aliphatic rings. The van der Waals surface area contributed by atoms with Crippen molar-refractivity contribution in [3.8, 4) is 5.75 Å². The molecular formula is C29H38N6O3. The standard InChI is InChI=1S/C29H38N6O3/c1-8-19-10-11-20(28(36)38-7)16-22(19)21(9-2)24-12-13-31-29(32-24)33-25-17-23(30)26(18-27(25)37-6)35(5)15-14-34(3)4/h9-13,16-18H,8,14-15,30H2,1-7H3,(H,31,32,33)/b21-9+. The van der Waals surface area contributed by atoms with Gasteiger partial charge in [-0.1, -0.05) is 19.1 Å². The van der Waals surface area contributed by atoms with E-state index in [0.717, 1.165) is 41.9 Å². The molecule has 0 saturated carbocycles. The number of anilines is 4. The van der Waals surface area contributed by atoms with E-state index in [-0.39, 0.29) is 5.97 Å². The molecule has 3 aromatic rings. The first-order chi connectivity index (χ1) is 18.2. The smallest absolute Gasteiger partial charge is 0.337 e. The van der Waals surface area contributed by atoms with Gasteiger partial charge in [-0.25, -0.2) is 14.8 Å². The number of rotatable bonds is 11. The average molecular weight is 519 g/mol. The first kappa shape index (κ1) is 28.5. The first-order valence-corrected chi connectivity index (χ1v) is 12.5. The lowest BCUT2D eigenvalue weighted by atomic mass is 9.93. The number of aryl methyl sites for hydroxylation is 1. The van der Waals surface area contributed by atoms with Crippen LogP contribution in [0.4, 0.5) is 23.0 Å². The topological polar surface area (TPSA) is 106 Å². The third-order valence-electron chi connectivity index (χ3n) is 6.31. The third-order valence-corrected chi connectivity index (χ3v) is 6.31. The quantitative estimate of drug-likeness (QED) is 0.278. The molecule has 0 radical (unpaired) electrons. The molecule has 0 spiro atoms. The summed E-state index contributed by atoms with van der Waals surface area (Å²) in [5, 5.41) is 3.26. The van der Waals surface area contributed by atoms with Gasteiger partial charge in [0, 0.05) is 38.0 Å². The Morgan fingerprint density at radius 1 is 1.11 bits per heavy atom. The summed E-state index contributed by atoms with van der Waals surface area (Å²) >= 11 is 0. The van der Waals surface area contributed by atoms with E-state index in [1.165, 1.54) is 7.11 Å². The number of ether oxygens (including phenoxy) is 2. The maximum atomic E-state index is 12.2. The molecule has 1 aromatic heterocycles. The molecule has 0 unspecified atom stereocenters. The number of nitrogens with one attached hydrogen (secondary N) is 1. The van der Waals surface area contributed by atoms with Crippen molar-refractivity contribution in [1.82, 2.24) is 14.9 Å². The number of allylic oxidation sites excluding steroid dienone is 1. The number of nitrogens with zero attached hydrogens (tertiary/aromatic N) is 4. The monoisotopic (exact) mass is 518 g/mol. The Bertz CT molecular complexity index is 1310. The Balaban J connectivity index is 1.95. The van der Waals surface area contributed by atoms with Crippen molar-refractivity contribution in [3.05, 3.63) is 71.1 Å². The maximum Gasteiger partial charge on any atom is 0.337 e. The Kier molecular flexibility index (Phi) is 9.67. The molecule has 3 rings (SSSR count). The SMILES string of the molecule is C/C=C(/c1ccnc(Nc2cc(N)c(N(C)CCN(C)C)cc2OC)n1)c1cc(C(=O)OC)ccc1CC. The predicted molar refractivity (Wildman–Crippen MR) is 154 cm³/mol. The van der Waals surface area contributed by atoms with Crippen LogP contribution >= 0.6 is 0 Å². The van der Waals surface area contributed by atoms with Crippen LogP contribution in [-0.4, -0.2) is 69.3 Å². The summed E-state index contributed by atoms with van der Waals surface area (Å²) in [6, 6.07) is 11.2. The zero-order chi connectivity index (χ0) is 27.8. The lowest BCUT2D eigenvalue weighted by molar-refractivity contribution is 0.0600. The van der Waals surface area contributed by atoms with Crippen molar-refractivity contribution in [2.45, 2.75) is 20.3 Å². The summed E-state index contributed by atoms with van der Waals surface area (Å²) in [6.07, 6.45) is 4.48. The molecule has 2 aromatic carbocycles. The minimum Gasteiger partial charge on any atom is -0.494 e. The fourth-order valence-corrected chi connectivity index (χ4v) is 4.16. The van der Waals surface area contributed by atoms with Gasteiger partial charge in [-0.15, -0.1) is 0 Å². The number of hydrogen-bond acceptors (Lipinski definition) is 9. The number of nitrogens with two attached hydrogens (primary N) is 1. The molecule has 9 nitrogen and oxygen atoms in total. The number of aromatic nitrogens is 2. The second-order valence-electron chi connectivity index (χ2n) is 9.15. The Morgan fingerprint density at radius 3 is 2.50 bits per heavy atom. The summed E-state index contributed by atoms with van der Waals surface area (Å²) < 4.78 is 10.6. The first-order valence-electron chi connectivity index (χ1n) is 12.5. The Labute approximate surface area is 225 Å². The lowest BCUT2D eigenvalue weighted by Crippen LogP contribution is -2.29. The van der Waals surface area contributed by atoms with E-state index in [2.05, 4.69) is 27.0 Å². The van der Waals surface area contributed by atoms with Gasteiger partial charge in [-0.2, -0.15) is 0 Å². The number of nitrogen functional groups attached to an aromatic ring is 1. The van der Waals surface area contributed by atoms with Gasteiger partial charge < -0.3 is 30.3 Å². The van der Waals surface area contributed by atoms with Crippen molar-refractivity contribution in [2.75, 3.05) is 64.4 Å². The molecule has 0 bridgehead atoms. The van der Waals surface area contributed by atoms with Crippen molar-refractivity contribution < 1.29 is 14.3 Å². The van der Waals surface area contributed by atoms with Gasteiger partial charge in [-0.3, -0.25) is 0 Å². The normalized spacial score (nSPS) is 11.4. The van der Waals surface area contributed by atoms with Crippen LogP contribution in [-0.2, 0) is 11.2 Å². The summed E-state index contributed by atoms with van der Waals surface area (Å²) in [5.74, 6) is 0.649. The molecule has 0 fully saturated rings. The number of methoxy groups -OCH3 is 2. The van der Waals surface area contributed by atoms with Crippen LogP contribution in [0.1, 0.15) is 41.0 Å². The molecule has 0 atom stereocenters. The van der Waals surface area contributed by atoms with Gasteiger partial charge in [0.1, 0.15) is 5.75 Å². The second-order valence-corrected chi connectivity index (χ2v) is 9.15. The highest BCUT2D eigenvalue weighted by Crippen LogP contribution is 2.36. The third kappa shape index (κ3) is 6.60. The summed E-state index contributed by atoms with van der Waals surface area (Å²) in [6.45, 7) is 5.75. The number of benzene rings is 2. The molecule has 0 aliphatic heterocycles. The van der Waals surface area contributed by atoms with Gasteiger partial charge in [-0.05, 0) is 62.8 Å². The fourth-order valence-electron chi connectivity index (χ4n) is 4.16. The van der Waals surface area contributed by atoms with Crippen molar-refractivity contribution in [2.24, 2.45) is 0 Å². The molecule has 38 heavy (non-hydrogen) atoms. The number of carbonyl (C=O) groups excluding carboxylic acids is 1. The van der Waals surface area contributed by atoms with Crippen LogP contribution in [0.25, 0.3) is 5.57 Å². The zero-order valence-corrected chi connectivity index (χ0v) is 23.3. The molecular weight excluding hydrogens is 480 g/mol. The fraction of sp³-hybridized carbons (Fsp3) is 0.345. The Morgan fingerprint density at radius 2 is 1.87 bits per heavy atom. The summed E-state index contributed by atoms with van der Waals surface area (Å²) in [4.78, 5) is 25.6. The van der Waals surface area contributed by atoms with Gasteiger partial charge >= 0.3 is 5.97 Å². The molecule has 1 heterocycles. The van der Waals surface area contributed by atoms with E-state index in [1.807, 2.05) is 64.5 Å². The molecule has 9 heteroatoms. The van der Waals surface area contributed by atoms with Gasteiger partial charge in [0.15, 0.2) is 0 Å². The van der Waals surface area contributed by atoms with Crippen molar-refractivity contribution in [3.63, 3.8) is 0 Å². The molecule has 0 saturated heterocycles. The number of carbonyl (C=O) groups is 1. The molecule has 0 amide bonds. The van der Waals surface area contributed by atoms with E-state index < -0.39 is 0 Å². The van der Waals surface area contributed by atoms with Crippen LogP contribution in [0.5, 0.6) is 5.75 Å². The Hall–Kier alpha value is -4.11. The van der Waals surface area contributed by atoms with Crippen LogP contribution in [0.3, 0.4) is 0 Å². The van der Waals surface area contributed by atoms with Crippen molar-refractivity contribution in [1.29, 1.82) is 0 Å². The number of likely N-dealkylation sites (N-methyl/N-ethyl adjacent to an activating group) is 2. The highest BCUT2D eigenvalue weighted by atomic mass is 16.5. The highest BCUT2D eigenvalue weighted by molar-refractivity contribution is 5.92. The van der Waals surface area contributed by atoms with E-state index in [0.29, 0.717) is 34.3 Å². The van der Waals surface area contributed by atoms with E-state index in [1.54, 1.807) is 19.4 Å². The average Bonchev–Trinajstić information content (AvgIpc) is 2.92. The van der Waals surface area contributed by atoms with E-state index >= 15 is 0 Å². The molecule has 0 aliphatic carbocycles. The van der Waals surface area contributed by atoms with Crippen LogP contribution in [0, 0.1) is 0 Å². The second kappa shape index (κ2) is 12.9. The zero-order valence-electron chi connectivity index (χ0n) is 23.3. The summed E-state index contributed by atoms with van der Waals surface area (Å²) in [5.41, 5.74) is 12.7. The highest BCUT2D eigenvalue weighted by Gasteiger charge is 2.17. The minimum atomic E-state index is -0.380. The predicted octanol–water partition coefficient (Wildman–Crippen LogP) is 4.61. The largest absolute Gasteiger partial charge is 0.494 e. The van der Waals surface area contributed by atoms with Gasteiger partial charge in [0.2, 0.25) is 5.95 Å². The van der Waals surface area contributed by atoms with Gasteiger partial charge in [0.25, 0.3) is 0 Å². The van der Waals surface area contributed by atoms with Crippen LogP contribution in [0.2, 0.25) is 0 Å². The lowest BCUT2D eigenvalue weighted by Gasteiger charge is -2.24. The maximum absolute atomic E-state index is 12.2. The number of esters is 1. The molecule has 202 valence electrons. The minimum absolute atomic E-state index is 0.380. The van der Waals surface area contributed by atoms with E-state index in [9.17, 15) is 4.79 Å². The van der Waals surface area contributed by atoms with Crippen LogP contribution < -0.4 is 20.7 Å². The van der Waals surface area contributed by atoms with E-state index in [4.69, 9.17) is 20.2 Å². The number of hydrogen-bond donors (Lipinski definition) is 2. The van der Waals surface area contributed by atoms with Crippen molar-refractivity contribution >= 4 is 34.6 Å². The summed E-state index contributed by atoms with van der Waals surface area (Å²) in [7, 11) is 9.08. The van der Waals surface area contributed by atoms with Crippen LogP contribution in [0.15, 0.2) is 48.7 Å². The molecule has 3 N–H and O–H groups in total. The van der Waals surface area contributed by atoms with Gasteiger partial charge in [0.05, 0.1) is 42.5 Å².